The monoisotopic (exact) mass is 336 g/mol. The maximum absolute atomic E-state index is 12.5. The van der Waals surface area contributed by atoms with Crippen LogP contribution in [-0.2, 0) is 0 Å². The Hall–Kier alpha value is -1.92. The van der Waals surface area contributed by atoms with Crippen molar-refractivity contribution in [2.75, 3.05) is 26.7 Å². The summed E-state index contributed by atoms with van der Waals surface area (Å²) >= 11 is 0. The molecule has 1 aliphatic heterocycles. The molecule has 1 saturated heterocycles. The van der Waals surface area contributed by atoms with Crippen molar-refractivity contribution in [1.82, 2.24) is 20.4 Å². The van der Waals surface area contributed by atoms with Gasteiger partial charge in [-0.3, -0.25) is 4.79 Å². The molecule has 1 aromatic heterocycles. The second-order valence-corrected chi connectivity index (χ2v) is 5.63. The lowest BCUT2D eigenvalue weighted by molar-refractivity contribution is 0.0691. The summed E-state index contributed by atoms with van der Waals surface area (Å²) in [4.78, 5) is 18.5. The van der Waals surface area contributed by atoms with E-state index in [-0.39, 0.29) is 18.3 Å². The number of benzene rings is 1. The SMILES string of the molecule is CNCC1CCN(C(=O)c2ccc(-c3ncon3)cc2)CC1.Cl. The normalized spacial score (nSPS) is 15.3. The lowest BCUT2D eigenvalue weighted by atomic mass is 9.96. The molecule has 0 saturated carbocycles. The van der Waals surface area contributed by atoms with Crippen LogP contribution in [0.2, 0.25) is 0 Å². The summed E-state index contributed by atoms with van der Waals surface area (Å²) in [6, 6.07) is 7.36. The van der Waals surface area contributed by atoms with Gasteiger partial charge in [0.15, 0.2) is 0 Å². The molecule has 3 rings (SSSR count). The van der Waals surface area contributed by atoms with E-state index in [1.54, 1.807) is 0 Å². The molecular weight excluding hydrogens is 316 g/mol. The van der Waals surface area contributed by atoms with E-state index >= 15 is 0 Å². The number of carbonyl (C=O) groups excluding carboxylic acids is 1. The average Bonchev–Trinajstić information content (AvgIpc) is 3.10. The van der Waals surface area contributed by atoms with Gasteiger partial charge in [-0.2, -0.15) is 4.98 Å². The number of aromatic nitrogens is 2. The Balaban J connectivity index is 0.00000192. The van der Waals surface area contributed by atoms with Crippen LogP contribution in [0, 0.1) is 5.92 Å². The second-order valence-electron chi connectivity index (χ2n) is 5.63. The minimum atomic E-state index is 0. The molecule has 1 amide bonds. The van der Waals surface area contributed by atoms with Crippen LogP contribution < -0.4 is 5.32 Å². The average molecular weight is 337 g/mol. The number of hydrogen-bond acceptors (Lipinski definition) is 5. The van der Waals surface area contributed by atoms with Crippen molar-refractivity contribution in [1.29, 1.82) is 0 Å². The number of amides is 1. The van der Waals surface area contributed by atoms with E-state index in [1.165, 1.54) is 6.39 Å². The lowest BCUT2D eigenvalue weighted by Gasteiger charge is -2.32. The maximum Gasteiger partial charge on any atom is 0.253 e. The van der Waals surface area contributed by atoms with E-state index in [2.05, 4.69) is 15.5 Å². The van der Waals surface area contributed by atoms with Gasteiger partial charge in [-0.15, -0.1) is 12.4 Å². The van der Waals surface area contributed by atoms with Crippen LogP contribution in [0.15, 0.2) is 35.2 Å². The molecule has 0 atom stereocenters. The van der Waals surface area contributed by atoms with Gasteiger partial charge in [-0.1, -0.05) is 17.3 Å². The van der Waals surface area contributed by atoms with Gasteiger partial charge in [0.2, 0.25) is 12.2 Å². The Labute approximate surface area is 141 Å². The van der Waals surface area contributed by atoms with Crippen LogP contribution in [0.1, 0.15) is 23.2 Å². The zero-order valence-corrected chi connectivity index (χ0v) is 13.9. The zero-order valence-electron chi connectivity index (χ0n) is 13.1. The van der Waals surface area contributed by atoms with Gasteiger partial charge in [0, 0.05) is 24.2 Å². The Bertz CT molecular complexity index is 608. The van der Waals surface area contributed by atoms with Crippen LogP contribution in [0.4, 0.5) is 0 Å². The predicted molar refractivity (Wildman–Crippen MR) is 89.5 cm³/mol. The molecule has 1 N–H and O–H groups in total. The molecule has 2 aromatic rings. The highest BCUT2D eigenvalue weighted by atomic mass is 35.5. The van der Waals surface area contributed by atoms with Gasteiger partial charge in [0.25, 0.3) is 5.91 Å². The Morgan fingerprint density at radius 1 is 1.30 bits per heavy atom. The Morgan fingerprint density at radius 2 is 2.00 bits per heavy atom. The summed E-state index contributed by atoms with van der Waals surface area (Å²) in [7, 11) is 1.98. The standard InChI is InChI=1S/C16H20N4O2.ClH/c1-17-10-12-6-8-20(9-7-12)16(21)14-4-2-13(3-5-14)15-18-11-22-19-15;/h2-5,11-12,17H,6-10H2,1H3;1H. The fourth-order valence-corrected chi connectivity index (χ4v) is 2.87. The lowest BCUT2D eigenvalue weighted by Crippen LogP contribution is -2.40. The van der Waals surface area contributed by atoms with Gasteiger partial charge in [0.05, 0.1) is 0 Å². The molecule has 6 nitrogen and oxygen atoms in total. The third kappa shape index (κ3) is 4.09. The first-order chi connectivity index (χ1) is 10.8. The fraction of sp³-hybridized carbons (Fsp3) is 0.438. The van der Waals surface area contributed by atoms with Crippen molar-refractivity contribution < 1.29 is 9.32 Å². The van der Waals surface area contributed by atoms with Crippen LogP contribution in [0.25, 0.3) is 11.4 Å². The van der Waals surface area contributed by atoms with Crippen molar-refractivity contribution in [2.24, 2.45) is 5.92 Å². The van der Waals surface area contributed by atoms with Crippen molar-refractivity contribution in [3.05, 3.63) is 36.2 Å². The summed E-state index contributed by atoms with van der Waals surface area (Å²) in [5.41, 5.74) is 1.55. The van der Waals surface area contributed by atoms with Gasteiger partial charge in [0.1, 0.15) is 0 Å². The third-order valence-electron chi connectivity index (χ3n) is 4.15. The number of piperidine rings is 1. The first-order valence-corrected chi connectivity index (χ1v) is 7.58. The zero-order chi connectivity index (χ0) is 15.4. The van der Waals surface area contributed by atoms with Gasteiger partial charge in [-0.25, -0.2) is 0 Å². The van der Waals surface area contributed by atoms with Crippen LogP contribution in [-0.4, -0.2) is 47.6 Å². The summed E-state index contributed by atoms with van der Waals surface area (Å²) in [5, 5.41) is 7.00. The highest BCUT2D eigenvalue weighted by Crippen LogP contribution is 2.20. The minimum absolute atomic E-state index is 0. The smallest absolute Gasteiger partial charge is 0.253 e. The number of rotatable bonds is 4. The van der Waals surface area contributed by atoms with E-state index in [0.29, 0.717) is 17.3 Å². The number of likely N-dealkylation sites (tertiary alicyclic amines) is 1. The van der Waals surface area contributed by atoms with Gasteiger partial charge in [-0.05, 0) is 44.5 Å². The predicted octanol–water partition coefficient (Wildman–Crippen LogP) is 2.23. The topological polar surface area (TPSA) is 71.3 Å². The number of nitrogens with one attached hydrogen (secondary N) is 1. The van der Waals surface area contributed by atoms with Gasteiger partial charge < -0.3 is 14.7 Å². The molecule has 2 heterocycles. The number of halogens is 1. The summed E-state index contributed by atoms with van der Waals surface area (Å²) in [5.74, 6) is 1.31. The Kier molecular flexibility index (Phi) is 6.12. The third-order valence-corrected chi connectivity index (χ3v) is 4.15. The van der Waals surface area contributed by atoms with Crippen molar-refractivity contribution in [3.63, 3.8) is 0 Å². The van der Waals surface area contributed by atoms with E-state index in [0.717, 1.165) is 38.0 Å². The van der Waals surface area contributed by atoms with Crippen LogP contribution in [0.3, 0.4) is 0 Å². The molecule has 1 aromatic carbocycles. The molecule has 124 valence electrons. The number of hydrogen-bond donors (Lipinski definition) is 1. The van der Waals surface area contributed by atoms with E-state index in [4.69, 9.17) is 4.52 Å². The van der Waals surface area contributed by atoms with Crippen molar-refractivity contribution >= 4 is 18.3 Å². The molecule has 1 fully saturated rings. The van der Waals surface area contributed by atoms with Crippen LogP contribution >= 0.6 is 12.4 Å². The largest absolute Gasteiger partial charge is 0.342 e. The van der Waals surface area contributed by atoms with Crippen LogP contribution in [0.5, 0.6) is 0 Å². The van der Waals surface area contributed by atoms with Crippen molar-refractivity contribution in [3.8, 4) is 11.4 Å². The first-order valence-electron chi connectivity index (χ1n) is 7.58. The molecule has 0 spiro atoms. The molecular formula is C16H21ClN4O2. The summed E-state index contributed by atoms with van der Waals surface area (Å²) in [6.07, 6.45) is 3.42. The molecule has 0 aliphatic carbocycles. The highest BCUT2D eigenvalue weighted by Gasteiger charge is 2.23. The Morgan fingerprint density at radius 3 is 2.57 bits per heavy atom. The van der Waals surface area contributed by atoms with Crippen molar-refractivity contribution in [2.45, 2.75) is 12.8 Å². The summed E-state index contributed by atoms with van der Waals surface area (Å²) in [6.45, 7) is 2.69. The molecule has 0 radical (unpaired) electrons. The van der Waals surface area contributed by atoms with E-state index < -0.39 is 0 Å². The van der Waals surface area contributed by atoms with E-state index in [1.807, 2.05) is 36.2 Å². The quantitative estimate of drug-likeness (QED) is 0.927. The van der Waals surface area contributed by atoms with Gasteiger partial charge >= 0.3 is 0 Å². The highest BCUT2D eigenvalue weighted by molar-refractivity contribution is 5.94. The minimum Gasteiger partial charge on any atom is -0.342 e. The number of carbonyl (C=O) groups is 1. The first kappa shape index (κ1) is 17.4. The molecule has 1 aliphatic rings. The molecule has 7 heteroatoms. The van der Waals surface area contributed by atoms with E-state index in [9.17, 15) is 4.79 Å². The fourth-order valence-electron chi connectivity index (χ4n) is 2.87. The second kappa shape index (κ2) is 8.08. The maximum atomic E-state index is 12.5. The number of nitrogens with zero attached hydrogens (tertiary/aromatic N) is 3. The molecule has 0 bridgehead atoms. The molecule has 23 heavy (non-hydrogen) atoms. The summed E-state index contributed by atoms with van der Waals surface area (Å²) < 4.78 is 4.73. The molecule has 0 unspecified atom stereocenters.